The Morgan fingerprint density at radius 1 is 1.00 bits per heavy atom. The zero-order chi connectivity index (χ0) is 24.3. The molecule has 2 N–H and O–H groups in total. The van der Waals surface area contributed by atoms with E-state index in [4.69, 9.17) is 4.74 Å². The second-order valence-corrected chi connectivity index (χ2v) is 9.38. The van der Waals surface area contributed by atoms with Crippen molar-refractivity contribution in [3.05, 3.63) is 100.0 Å². The van der Waals surface area contributed by atoms with E-state index in [1.54, 1.807) is 25.1 Å². The Labute approximate surface area is 197 Å². The number of hydrogen-bond acceptors (Lipinski definition) is 5. The lowest BCUT2D eigenvalue weighted by molar-refractivity contribution is 0.416. The molecule has 0 amide bonds. The number of ether oxygens (including phenoxy) is 1. The Bertz CT molecular complexity index is 1520. The topological polar surface area (TPSA) is 106 Å². The smallest absolute Gasteiger partial charge is 0.280 e. The number of methoxy groups -OCH3 is 1. The lowest BCUT2D eigenvalue weighted by Gasteiger charge is -2.11. The van der Waals surface area contributed by atoms with Crippen molar-refractivity contribution in [2.24, 2.45) is 4.99 Å². The van der Waals surface area contributed by atoms with E-state index >= 15 is 0 Å². The van der Waals surface area contributed by atoms with Crippen molar-refractivity contribution in [2.45, 2.75) is 18.7 Å². The summed E-state index contributed by atoms with van der Waals surface area (Å²) >= 11 is 0. The van der Waals surface area contributed by atoms with Crippen molar-refractivity contribution >= 4 is 27.6 Å². The third kappa shape index (κ3) is 4.79. The summed E-state index contributed by atoms with van der Waals surface area (Å²) in [6.45, 7) is 3.65. The highest BCUT2D eigenvalue weighted by Gasteiger charge is 2.17. The van der Waals surface area contributed by atoms with Gasteiger partial charge in [0, 0.05) is 17.6 Å². The lowest BCUT2D eigenvalue weighted by Crippen LogP contribution is -2.17. The Morgan fingerprint density at radius 2 is 1.76 bits per heavy atom. The third-order valence-electron chi connectivity index (χ3n) is 5.20. The van der Waals surface area contributed by atoms with Gasteiger partial charge in [-0.25, -0.2) is 13.1 Å². The van der Waals surface area contributed by atoms with Gasteiger partial charge in [-0.15, -0.1) is 0 Å². The van der Waals surface area contributed by atoms with Crippen molar-refractivity contribution in [1.29, 1.82) is 0 Å². The molecule has 0 bridgehead atoms. The first-order chi connectivity index (χ1) is 16.3. The van der Waals surface area contributed by atoms with Gasteiger partial charge in [-0.2, -0.15) is 0 Å². The van der Waals surface area contributed by atoms with Crippen LogP contribution in [-0.2, 0) is 10.0 Å². The first kappa shape index (κ1) is 23.1. The number of anilines is 1. The number of benzene rings is 3. The molecule has 0 spiro atoms. The van der Waals surface area contributed by atoms with Crippen LogP contribution in [0, 0.1) is 13.8 Å². The Balaban J connectivity index is 1.68. The molecular weight excluding hydrogens is 452 g/mol. The van der Waals surface area contributed by atoms with Gasteiger partial charge >= 0.3 is 0 Å². The number of aryl methyl sites for hydroxylation is 2. The van der Waals surface area contributed by atoms with Crippen LogP contribution < -0.4 is 15.0 Å². The minimum Gasteiger partial charge on any atom is -0.494 e. The van der Waals surface area contributed by atoms with Crippen LogP contribution in [0.1, 0.15) is 16.8 Å². The van der Waals surface area contributed by atoms with E-state index in [1.807, 2.05) is 43.3 Å². The Morgan fingerprint density at radius 3 is 2.47 bits per heavy atom. The summed E-state index contributed by atoms with van der Waals surface area (Å²) in [6, 6.07) is 20.6. The molecule has 1 heterocycles. The minimum absolute atomic E-state index is 0.0226. The fraction of sp³-hybridized carbons (Fsp3) is 0.120. The van der Waals surface area contributed by atoms with Crippen LogP contribution in [0.25, 0.3) is 5.69 Å². The van der Waals surface area contributed by atoms with Gasteiger partial charge in [-0.3, -0.25) is 19.6 Å². The molecule has 4 aromatic rings. The summed E-state index contributed by atoms with van der Waals surface area (Å²) in [7, 11) is -2.39. The van der Waals surface area contributed by atoms with E-state index in [0.29, 0.717) is 28.4 Å². The summed E-state index contributed by atoms with van der Waals surface area (Å²) in [6.07, 6.45) is 1.41. The number of H-pyrrole nitrogens is 1. The fourth-order valence-electron chi connectivity index (χ4n) is 3.47. The van der Waals surface area contributed by atoms with Gasteiger partial charge in [0.2, 0.25) is 0 Å². The number of rotatable bonds is 7. The monoisotopic (exact) mass is 476 g/mol. The predicted molar refractivity (Wildman–Crippen MR) is 133 cm³/mol. The quantitative estimate of drug-likeness (QED) is 0.387. The largest absolute Gasteiger partial charge is 0.494 e. The molecule has 174 valence electrons. The number of sulfonamides is 1. The highest BCUT2D eigenvalue weighted by molar-refractivity contribution is 7.92. The van der Waals surface area contributed by atoms with Crippen molar-refractivity contribution in [3.63, 3.8) is 0 Å². The Kier molecular flexibility index (Phi) is 6.38. The normalized spacial score (nSPS) is 11.6. The molecule has 4 rings (SSSR count). The van der Waals surface area contributed by atoms with E-state index in [2.05, 4.69) is 14.8 Å². The van der Waals surface area contributed by atoms with Crippen LogP contribution in [0.15, 0.2) is 87.5 Å². The molecule has 0 unspecified atom stereocenters. The Hall–Kier alpha value is -4.11. The molecule has 0 saturated heterocycles. The predicted octanol–water partition coefficient (Wildman–Crippen LogP) is 4.34. The number of para-hydroxylation sites is 1. The second-order valence-electron chi connectivity index (χ2n) is 7.69. The molecule has 1 aromatic heterocycles. The number of hydrogen-bond donors (Lipinski definition) is 2. The van der Waals surface area contributed by atoms with E-state index < -0.39 is 10.0 Å². The highest BCUT2D eigenvalue weighted by Crippen LogP contribution is 2.31. The van der Waals surface area contributed by atoms with Crippen LogP contribution in [-0.4, -0.2) is 31.5 Å². The second kappa shape index (κ2) is 9.40. The summed E-state index contributed by atoms with van der Waals surface area (Å²) in [5.41, 5.74) is 3.09. The molecule has 9 heteroatoms. The molecule has 3 aromatic carbocycles. The van der Waals surface area contributed by atoms with Crippen molar-refractivity contribution < 1.29 is 13.2 Å². The number of nitrogens with one attached hydrogen (secondary N) is 2. The number of aliphatic imine (C=N–C) groups is 1. The minimum atomic E-state index is -3.86. The van der Waals surface area contributed by atoms with Crippen molar-refractivity contribution in [2.75, 3.05) is 11.8 Å². The molecule has 0 atom stereocenters. The van der Waals surface area contributed by atoms with Gasteiger partial charge < -0.3 is 4.74 Å². The SMILES string of the molecule is COc1ccc(S(=O)(=O)Nc2cccc(C)c2)cc1N=Cc1c(C)[nH]n(-c2ccccc2)c1=O. The summed E-state index contributed by atoms with van der Waals surface area (Å²) in [4.78, 5) is 17.3. The van der Waals surface area contributed by atoms with E-state index in [0.717, 1.165) is 5.56 Å². The van der Waals surface area contributed by atoms with Crippen LogP contribution in [0.4, 0.5) is 11.4 Å². The average Bonchev–Trinajstić information content (AvgIpc) is 3.11. The van der Waals surface area contributed by atoms with Gasteiger partial charge in [0.15, 0.2) is 0 Å². The van der Waals surface area contributed by atoms with Crippen LogP contribution in [0.5, 0.6) is 5.75 Å². The molecule has 34 heavy (non-hydrogen) atoms. The number of aromatic amines is 1. The van der Waals surface area contributed by atoms with E-state index in [-0.39, 0.29) is 16.1 Å². The third-order valence-corrected chi connectivity index (χ3v) is 6.57. The van der Waals surface area contributed by atoms with Crippen LogP contribution in [0.2, 0.25) is 0 Å². The first-order valence-electron chi connectivity index (χ1n) is 10.5. The highest BCUT2D eigenvalue weighted by atomic mass is 32.2. The fourth-order valence-corrected chi connectivity index (χ4v) is 4.53. The van der Waals surface area contributed by atoms with Crippen LogP contribution >= 0.6 is 0 Å². The summed E-state index contributed by atoms with van der Waals surface area (Å²) in [5, 5.41) is 3.04. The molecule has 0 aliphatic carbocycles. The number of nitrogens with zero attached hydrogens (tertiary/aromatic N) is 2. The van der Waals surface area contributed by atoms with Gasteiger partial charge in [-0.1, -0.05) is 30.3 Å². The maximum atomic E-state index is 12.9. The van der Waals surface area contributed by atoms with Crippen LogP contribution in [0.3, 0.4) is 0 Å². The van der Waals surface area contributed by atoms with E-state index in [9.17, 15) is 13.2 Å². The maximum absolute atomic E-state index is 12.9. The van der Waals surface area contributed by atoms with Gasteiger partial charge in [0.25, 0.3) is 15.6 Å². The average molecular weight is 477 g/mol. The summed E-state index contributed by atoms with van der Waals surface area (Å²) < 4.78 is 35.2. The standard InChI is InChI=1S/C25H24N4O4S/c1-17-8-7-9-19(14-17)28-34(31,32)21-12-13-24(33-3)23(15-21)26-16-22-18(2)27-29(25(22)30)20-10-5-4-6-11-20/h4-16,27-28H,1-3H3. The molecule has 8 nitrogen and oxygen atoms in total. The molecule has 0 radical (unpaired) electrons. The number of aromatic nitrogens is 2. The zero-order valence-electron chi connectivity index (χ0n) is 18.9. The van der Waals surface area contributed by atoms with E-state index in [1.165, 1.54) is 36.2 Å². The lowest BCUT2D eigenvalue weighted by atomic mass is 10.2. The molecular formula is C25H24N4O4S. The summed E-state index contributed by atoms with van der Waals surface area (Å²) in [5.74, 6) is 0.377. The molecule has 0 aliphatic heterocycles. The van der Waals surface area contributed by atoms with Gasteiger partial charge in [-0.05, 0) is 61.9 Å². The molecule has 0 aliphatic rings. The maximum Gasteiger partial charge on any atom is 0.280 e. The van der Waals surface area contributed by atoms with Crippen molar-refractivity contribution in [1.82, 2.24) is 9.78 Å². The molecule has 0 fully saturated rings. The zero-order valence-corrected chi connectivity index (χ0v) is 19.8. The molecule has 0 saturated carbocycles. The van der Waals surface area contributed by atoms with Gasteiger partial charge in [0.1, 0.15) is 11.4 Å². The van der Waals surface area contributed by atoms with Gasteiger partial charge in [0.05, 0.1) is 23.3 Å². The van der Waals surface area contributed by atoms with Crippen molar-refractivity contribution in [3.8, 4) is 11.4 Å². The first-order valence-corrected chi connectivity index (χ1v) is 12.0.